The minimum absolute atomic E-state index is 0. The molecular formula is CH3AlCl5P. The van der Waals surface area contributed by atoms with Crippen LogP contribution in [0.4, 0.5) is 0 Å². The van der Waals surface area contributed by atoms with Crippen LogP contribution in [-0.4, -0.2) is 24.0 Å². The molecule has 0 aliphatic carbocycles. The van der Waals surface area contributed by atoms with Gasteiger partial charge in [0.2, 0.25) is 0 Å². The summed E-state index contributed by atoms with van der Waals surface area (Å²) in [6, 6.07) is 0. The first-order chi connectivity index (χ1) is 1.73. The second-order valence-electron chi connectivity index (χ2n) is 0.402. The van der Waals surface area contributed by atoms with Crippen molar-refractivity contribution in [3.8, 4) is 0 Å². The van der Waals surface area contributed by atoms with Gasteiger partial charge in [0.15, 0.2) is 0 Å². The molecule has 8 heavy (non-hydrogen) atoms. The summed E-state index contributed by atoms with van der Waals surface area (Å²) < 4.78 is 0. The molecule has 0 aliphatic rings. The second-order valence-corrected chi connectivity index (χ2v) is 4.77. The van der Waals surface area contributed by atoms with Crippen LogP contribution in [0.15, 0.2) is 0 Å². The molecule has 0 amide bonds. The Hall–Kier alpha value is 2.41. The summed E-state index contributed by atoms with van der Waals surface area (Å²) in [5, 5.41) is 0. The van der Waals surface area contributed by atoms with Gasteiger partial charge in [-0.1, -0.05) is 22.5 Å². The van der Waals surface area contributed by atoms with Crippen molar-refractivity contribution in [1.82, 2.24) is 0 Å². The Balaban J connectivity index is -0.00000000750. The average Bonchev–Trinajstić information content (AvgIpc) is 0.811. The fourth-order valence-electron chi connectivity index (χ4n) is 0. The van der Waals surface area contributed by atoms with Crippen LogP contribution < -0.4 is 37.2 Å². The molecule has 0 heterocycles. The quantitative estimate of drug-likeness (QED) is 0.296. The minimum Gasteiger partial charge on any atom is -1.00 e. The fraction of sp³-hybridized carbons (Fsp3) is 1.00. The summed E-state index contributed by atoms with van der Waals surface area (Å²) in [7, 11) is 0. The molecule has 0 spiro atoms. The Labute approximate surface area is 89.8 Å². The predicted molar refractivity (Wildman–Crippen MR) is 30.3 cm³/mol. The molecule has 0 saturated carbocycles. The van der Waals surface area contributed by atoms with E-state index in [9.17, 15) is 0 Å². The van der Waals surface area contributed by atoms with Crippen molar-refractivity contribution in [1.29, 1.82) is 0 Å². The van der Waals surface area contributed by atoms with E-state index in [-0.39, 0.29) is 54.6 Å². The van der Waals surface area contributed by atoms with Gasteiger partial charge < -0.3 is 37.2 Å². The fourth-order valence-corrected chi connectivity index (χ4v) is 0. The molecule has 0 nitrogen and oxygen atoms in total. The summed E-state index contributed by atoms with van der Waals surface area (Å²) in [4.78, 5) is 0. The van der Waals surface area contributed by atoms with E-state index < -0.39 is 6.63 Å². The number of rotatable bonds is 0. The molecule has 0 fully saturated rings. The molecule has 0 saturated heterocycles. The van der Waals surface area contributed by atoms with Crippen LogP contribution in [0.3, 0.4) is 0 Å². The smallest absolute Gasteiger partial charge is 1.00 e. The third-order valence-corrected chi connectivity index (χ3v) is 0. The molecule has 0 atom stereocenters. The summed E-state index contributed by atoms with van der Waals surface area (Å²) in [5.74, 6) is 0. The molecule has 0 radical (unpaired) electrons. The maximum atomic E-state index is 5.10. The van der Waals surface area contributed by atoms with E-state index in [0.29, 0.717) is 0 Å². The van der Waals surface area contributed by atoms with Crippen molar-refractivity contribution in [3.05, 3.63) is 0 Å². The zero-order valence-corrected chi connectivity index (χ0v) is 9.74. The van der Waals surface area contributed by atoms with Gasteiger partial charge in [0, 0.05) is 0 Å². The van der Waals surface area contributed by atoms with Crippen LogP contribution >= 0.6 is 29.1 Å². The van der Waals surface area contributed by atoms with Crippen molar-refractivity contribution in [3.63, 3.8) is 0 Å². The topological polar surface area (TPSA) is 0 Å². The maximum absolute atomic E-state index is 5.10. The van der Waals surface area contributed by atoms with E-state index in [4.69, 9.17) is 22.5 Å². The van der Waals surface area contributed by atoms with E-state index in [0.717, 1.165) is 0 Å². The number of halogens is 5. The van der Waals surface area contributed by atoms with Crippen molar-refractivity contribution in [2.24, 2.45) is 0 Å². The van der Waals surface area contributed by atoms with Gasteiger partial charge in [-0.25, -0.2) is 0 Å². The van der Waals surface area contributed by atoms with Crippen LogP contribution in [0.1, 0.15) is 0 Å². The molecule has 0 aromatic heterocycles. The zero-order chi connectivity index (χ0) is 3.58. The third kappa shape index (κ3) is 79.4. The Morgan fingerprint density at radius 3 is 1.00 bits per heavy atom. The first kappa shape index (κ1) is 31.5. The molecule has 50 valence electrons. The Morgan fingerprint density at radius 2 is 1.00 bits per heavy atom. The zero-order valence-electron chi connectivity index (χ0n) is 3.91. The van der Waals surface area contributed by atoms with Gasteiger partial charge in [-0.3, -0.25) is 0 Å². The summed E-state index contributed by atoms with van der Waals surface area (Å²) >= 11 is 10.2. The van der Waals surface area contributed by atoms with Gasteiger partial charge in [-0.05, 0) is 6.66 Å². The van der Waals surface area contributed by atoms with E-state index >= 15 is 0 Å². The largest absolute Gasteiger partial charge is 3.00 e. The van der Waals surface area contributed by atoms with Gasteiger partial charge in [0.05, 0.1) is 6.63 Å². The standard InChI is InChI=1S/CH3Cl2P.Al.3ClH/c1-4(2)3;;;;/h1H3;;3*1H/q;+3;;;/p-3. The normalized spacial score (nSPS) is 4.50. The van der Waals surface area contributed by atoms with Gasteiger partial charge in [-0.15, -0.1) is 0 Å². The van der Waals surface area contributed by atoms with Crippen molar-refractivity contribution >= 4 is 46.5 Å². The van der Waals surface area contributed by atoms with Crippen molar-refractivity contribution in [2.45, 2.75) is 0 Å². The third-order valence-electron chi connectivity index (χ3n) is 0. The minimum atomic E-state index is -0.676. The van der Waals surface area contributed by atoms with Crippen molar-refractivity contribution < 1.29 is 37.2 Å². The molecule has 0 rings (SSSR count). The number of hydrogen-bond acceptors (Lipinski definition) is 0. The van der Waals surface area contributed by atoms with Crippen LogP contribution in [0, 0.1) is 0 Å². The van der Waals surface area contributed by atoms with E-state index in [1.54, 1.807) is 6.66 Å². The molecule has 0 bridgehead atoms. The van der Waals surface area contributed by atoms with Gasteiger partial charge in [0.25, 0.3) is 0 Å². The summed E-state index contributed by atoms with van der Waals surface area (Å²) in [6.07, 6.45) is 0. The Kier molecular flexibility index (Phi) is 89.5. The summed E-state index contributed by atoms with van der Waals surface area (Å²) in [6.45, 7) is 1.09. The predicted octanol–water partition coefficient (Wildman–Crippen LogP) is -6.96. The molecule has 7 heteroatoms. The molecule has 0 aliphatic heterocycles. The molecular weight excluding hydrogens is 247 g/mol. The van der Waals surface area contributed by atoms with E-state index in [2.05, 4.69) is 0 Å². The molecule has 0 aromatic rings. The first-order valence-corrected chi connectivity index (χ1v) is 4.38. The molecule has 0 aromatic carbocycles. The van der Waals surface area contributed by atoms with Crippen LogP contribution in [-0.2, 0) is 0 Å². The SMILES string of the molecule is CP(Cl)Cl.[Al+3].[Cl-].[Cl-].[Cl-]. The Bertz CT molecular complexity index is 17.1. The average molecular weight is 250 g/mol. The van der Waals surface area contributed by atoms with Gasteiger partial charge in [0.1, 0.15) is 0 Å². The molecule has 0 unspecified atom stereocenters. The van der Waals surface area contributed by atoms with Gasteiger partial charge >= 0.3 is 17.4 Å². The summed E-state index contributed by atoms with van der Waals surface area (Å²) in [5.41, 5.74) is 0. The monoisotopic (exact) mass is 248 g/mol. The maximum Gasteiger partial charge on any atom is 3.00 e. The van der Waals surface area contributed by atoms with Crippen LogP contribution in [0.2, 0.25) is 0 Å². The molecule has 0 N–H and O–H groups in total. The van der Waals surface area contributed by atoms with E-state index in [1.807, 2.05) is 0 Å². The van der Waals surface area contributed by atoms with Crippen LogP contribution in [0.5, 0.6) is 0 Å². The number of hydrogen-bond donors (Lipinski definition) is 0. The second kappa shape index (κ2) is 22.7. The van der Waals surface area contributed by atoms with Gasteiger partial charge in [-0.2, -0.15) is 0 Å². The van der Waals surface area contributed by atoms with E-state index in [1.165, 1.54) is 0 Å². The van der Waals surface area contributed by atoms with Crippen LogP contribution in [0.25, 0.3) is 0 Å². The Morgan fingerprint density at radius 1 is 1.00 bits per heavy atom. The first-order valence-electron chi connectivity index (χ1n) is 0.785. The van der Waals surface area contributed by atoms with Crippen molar-refractivity contribution in [2.75, 3.05) is 6.66 Å².